The molecule has 0 amide bonds. The molecule has 0 saturated carbocycles. The number of hydrogen-bond donors (Lipinski definition) is 1. The van der Waals surface area contributed by atoms with Gasteiger partial charge in [0.05, 0.1) is 0 Å². The second-order valence-corrected chi connectivity index (χ2v) is 3.70. The minimum atomic E-state index is -1.06. The molecular formula is C13H10FNO2. The predicted octanol–water partition coefficient (Wildman–Crippen LogP) is 2.78. The average molecular weight is 231 g/mol. The standard InChI is InChI=1S/C13H10FNO2/c1-8-4-5-15-13-10(8)6-9(7-11(13)14)2-3-12(16)17/h2-7H,1H3,(H,16,17)/b3-2+. The number of halogens is 1. The first-order chi connectivity index (χ1) is 8.08. The van der Waals surface area contributed by atoms with Crippen molar-refractivity contribution in [3.63, 3.8) is 0 Å². The molecule has 2 aromatic rings. The van der Waals surface area contributed by atoms with Gasteiger partial charge in [-0.3, -0.25) is 4.98 Å². The van der Waals surface area contributed by atoms with E-state index in [1.165, 1.54) is 12.1 Å². The molecule has 0 fully saturated rings. The van der Waals surface area contributed by atoms with Gasteiger partial charge in [-0.05, 0) is 42.3 Å². The van der Waals surface area contributed by atoms with E-state index in [0.717, 1.165) is 11.6 Å². The van der Waals surface area contributed by atoms with E-state index < -0.39 is 11.8 Å². The van der Waals surface area contributed by atoms with E-state index in [9.17, 15) is 9.18 Å². The van der Waals surface area contributed by atoms with Gasteiger partial charge in [0, 0.05) is 17.7 Å². The van der Waals surface area contributed by atoms with Crippen molar-refractivity contribution in [3.8, 4) is 0 Å². The summed E-state index contributed by atoms with van der Waals surface area (Å²) in [5, 5.41) is 9.21. The van der Waals surface area contributed by atoms with Crippen molar-refractivity contribution in [1.82, 2.24) is 4.98 Å². The van der Waals surface area contributed by atoms with Crippen LogP contribution in [0.2, 0.25) is 0 Å². The van der Waals surface area contributed by atoms with Crippen LogP contribution in [0.3, 0.4) is 0 Å². The molecule has 0 aliphatic carbocycles. The van der Waals surface area contributed by atoms with Gasteiger partial charge >= 0.3 is 5.97 Å². The van der Waals surface area contributed by atoms with Crippen molar-refractivity contribution in [1.29, 1.82) is 0 Å². The number of aryl methyl sites for hydroxylation is 1. The van der Waals surface area contributed by atoms with Crippen molar-refractivity contribution in [3.05, 3.63) is 47.4 Å². The zero-order valence-corrected chi connectivity index (χ0v) is 9.14. The zero-order chi connectivity index (χ0) is 12.4. The average Bonchev–Trinajstić information content (AvgIpc) is 2.28. The van der Waals surface area contributed by atoms with E-state index >= 15 is 0 Å². The summed E-state index contributed by atoms with van der Waals surface area (Å²) in [6, 6.07) is 4.78. The first-order valence-corrected chi connectivity index (χ1v) is 5.04. The molecule has 1 N–H and O–H groups in total. The molecule has 0 aliphatic rings. The molecule has 0 saturated heterocycles. The highest BCUT2D eigenvalue weighted by Crippen LogP contribution is 2.21. The number of aliphatic carboxylic acids is 1. The number of nitrogens with zero attached hydrogens (tertiary/aromatic N) is 1. The van der Waals surface area contributed by atoms with Gasteiger partial charge in [-0.25, -0.2) is 9.18 Å². The van der Waals surface area contributed by atoms with E-state index in [1.54, 1.807) is 18.3 Å². The van der Waals surface area contributed by atoms with Gasteiger partial charge in [0.2, 0.25) is 0 Å². The molecule has 1 aromatic carbocycles. The predicted molar refractivity (Wildman–Crippen MR) is 63.1 cm³/mol. The second kappa shape index (κ2) is 4.33. The number of hydrogen-bond acceptors (Lipinski definition) is 2. The SMILES string of the molecule is Cc1ccnc2c(F)cc(/C=C/C(=O)O)cc12. The molecule has 3 nitrogen and oxygen atoms in total. The van der Waals surface area contributed by atoms with E-state index in [4.69, 9.17) is 5.11 Å². The first kappa shape index (κ1) is 11.3. The van der Waals surface area contributed by atoms with Crippen LogP contribution in [0.4, 0.5) is 4.39 Å². The molecule has 1 heterocycles. The molecule has 0 radical (unpaired) electrons. The summed E-state index contributed by atoms with van der Waals surface area (Å²) in [7, 11) is 0. The molecule has 0 aliphatic heterocycles. The lowest BCUT2D eigenvalue weighted by molar-refractivity contribution is -0.131. The Morgan fingerprint density at radius 3 is 2.94 bits per heavy atom. The summed E-state index contributed by atoms with van der Waals surface area (Å²) in [5.41, 5.74) is 1.71. The second-order valence-electron chi connectivity index (χ2n) is 3.70. The maximum atomic E-state index is 13.7. The fourth-order valence-corrected chi connectivity index (χ4v) is 1.63. The van der Waals surface area contributed by atoms with Crippen LogP contribution in [0, 0.1) is 12.7 Å². The Morgan fingerprint density at radius 1 is 1.47 bits per heavy atom. The fraction of sp³-hybridized carbons (Fsp3) is 0.0769. The molecule has 0 spiro atoms. The Hall–Kier alpha value is -2.23. The third-order valence-electron chi connectivity index (χ3n) is 2.46. The summed E-state index contributed by atoms with van der Waals surface area (Å²) in [6.45, 7) is 1.86. The molecule has 0 bridgehead atoms. The topological polar surface area (TPSA) is 50.2 Å². The molecule has 0 unspecified atom stereocenters. The summed E-state index contributed by atoms with van der Waals surface area (Å²) >= 11 is 0. The number of carboxylic acids is 1. The molecular weight excluding hydrogens is 221 g/mol. The van der Waals surface area contributed by atoms with Crippen LogP contribution in [0.5, 0.6) is 0 Å². The Kier molecular flexibility index (Phi) is 2.87. The number of rotatable bonds is 2. The number of aromatic nitrogens is 1. The van der Waals surface area contributed by atoms with Crippen LogP contribution in [-0.4, -0.2) is 16.1 Å². The van der Waals surface area contributed by atoms with E-state index in [-0.39, 0.29) is 0 Å². The van der Waals surface area contributed by atoms with E-state index in [0.29, 0.717) is 16.5 Å². The monoisotopic (exact) mass is 231 g/mol. The summed E-state index contributed by atoms with van der Waals surface area (Å²) in [6.07, 6.45) is 3.89. The van der Waals surface area contributed by atoms with Crippen molar-refractivity contribution in [2.45, 2.75) is 6.92 Å². The first-order valence-electron chi connectivity index (χ1n) is 5.04. The van der Waals surface area contributed by atoms with Gasteiger partial charge in [0.15, 0.2) is 0 Å². The van der Waals surface area contributed by atoms with Gasteiger partial charge in [-0.15, -0.1) is 0 Å². The van der Waals surface area contributed by atoms with Crippen molar-refractivity contribution < 1.29 is 14.3 Å². The van der Waals surface area contributed by atoms with Crippen molar-refractivity contribution >= 4 is 22.9 Å². The third-order valence-corrected chi connectivity index (χ3v) is 2.46. The number of carboxylic acid groups (broad SMARTS) is 1. The Labute approximate surface area is 97.2 Å². The van der Waals surface area contributed by atoms with Gasteiger partial charge in [-0.2, -0.15) is 0 Å². The number of pyridine rings is 1. The summed E-state index contributed by atoms with van der Waals surface area (Å²) < 4.78 is 13.7. The Balaban J connectivity index is 2.62. The molecule has 4 heteroatoms. The molecule has 2 rings (SSSR count). The van der Waals surface area contributed by atoms with Gasteiger partial charge in [0.25, 0.3) is 0 Å². The highest BCUT2D eigenvalue weighted by molar-refractivity contribution is 5.88. The van der Waals surface area contributed by atoms with Crippen LogP contribution in [0.15, 0.2) is 30.5 Å². The lowest BCUT2D eigenvalue weighted by Crippen LogP contribution is -1.90. The molecule has 86 valence electrons. The van der Waals surface area contributed by atoms with Crippen LogP contribution < -0.4 is 0 Å². The van der Waals surface area contributed by atoms with E-state index in [2.05, 4.69) is 4.98 Å². The third kappa shape index (κ3) is 2.30. The largest absolute Gasteiger partial charge is 0.478 e. The lowest BCUT2D eigenvalue weighted by atomic mass is 10.1. The fourth-order valence-electron chi connectivity index (χ4n) is 1.63. The molecule has 1 aromatic heterocycles. The Bertz CT molecular complexity index is 620. The number of benzene rings is 1. The van der Waals surface area contributed by atoms with Gasteiger partial charge in [0.1, 0.15) is 11.3 Å². The molecule has 17 heavy (non-hydrogen) atoms. The van der Waals surface area contributed by atoms with Crippen molar-refractivity contribution in [2.24, 2.45) is 0 Å². The highest BCUT2D eigenvalue weighted by atomic mass is 19.1. The summed E-state index contributed by atoms with van der Waals surface area (Å²) in [5.74, 6) is -1.51. The molecule has 0 atom stereocenters. The minimum Gasteiger partial charge on any atom is -0.478 e. The zero-order valence-electron chi connectivity index (χ0n) is 9.14. The van der Waals surface area contributed by atoms with E-state index in [1.807, 2.05) is 6.92 Å². The van der Waals surface area contributed by atoms with Crippen LogP contribution >= 0.6 is 0 Å². The highest BCUT2D eigenvalue weighted by Gasteiger charge is 2.05. The maximum absolute atomic E-state index is 13.7. The van der Waals surface area contributed by atoms with Crippen molar-refractivity contribution in [2.75, 3.05) is 0 Å². The van der Waals surface area contributed by atoms with Crippen LogP contribution in [0.1, 0.15) is 11.1 Å². The quantitative estimate of drug-likeness (QED) is 0.808. The number of fused-ring (bicyclic) bond motifs is 1. The minimum absolute atomic E-state index is 0.303. The van der Waals surface area contributed by atoms with Crippen LogP contribution in [-0.2, 0) is 4.79 Å². The van der Waals surface area contributed by atoms with Gasteiger partial charge in [-0.1, -0.05) is 0 Å². The Morgan fingerprint density at radius 2 is 2.24 bits per heavy atom. The summed E-state index contributed by atoms with van der Waals surface area (Å²) in [4.78, 5) is 14.4. The number of carbonyl (C=O) groups is 1. The van der Waals surface area contributed by atoms with Gasteiger partial charge < -0.3 is 5.11 Å². The lowest BCUT2D eigenvalue weighted by Gasteiger charge is -2.03. The maximum Gasteiger partial charge on any atom is 0.328 e. The smallest absolute Gasteiger partial charge is 0.328 e. The van der Waals surface area contributed by atoms with Crippen LogP contribution in [0.25, 0.3) is 17.0 Å². The normalized spacial score (nSPS) is 11.2.